The lowest BCUT2D eigenvalue weighted by atomic mass is 10.0. The van der Waals surface area contributed by atoms with Crippen molar-refractivity contribution >= 4 is 11.6 Å². The largest absolute Gasteiger partial charge is 0.380 e. The molecule has 0 heterocycles. The van der Waals surface area contributed by atoms with Crippen molar-refractivity contribution < 1.29 is 14.8 Å². The molecule has 1 aromatic carbocycles. The van der Waals surface area contributed by atoms with Gasteiger partial charge in [-0.2, -0.15) is 0 Å². The molecule has 0 atom stereocenters. The monoisotopic (exact) mass is 264 g/mol. The van der Waals surface area contributed by atoms with Crippen LogP contribution in [0, 0.1) is 10.1 Å². The van der Waals surface area contributed by atoms with Crippen molar-refractivity contribution in [3.63, 3.8) is 0 Å². The van der Waals surface area contributed by atoms with Gasteiger partial charge in [0.2, 0.25) is 0 Å². The van der Waals surface area contributed by atoms with Crippen LogP contribution < -0.4 is 5.32 Å². The molecule has 6 heteroatoms. The van der Waals surface area contributed by atoms with Crippen LogP contribution in [0.5, 0.6) is 0 Å². The molecular formula is C13H16N2O4. The topological polar surface area (TPSA) is 92.5 Å². The second-order valence-corrected chi connectivity index (χ2v) is 4.81. The summed E-state index contributed by atoms with van der Waals surface area (Å²) in [6.07, 6.45) is 2.57. The lowest BCUT2D eigenvalue weighted by Gasteiger charge is -2.20. The van der Waals surface area contributed by atoms with E-state index >= 15 is 0 Å². The molecule has 0 unspecified atom stereocenters. The average molecular weight is 264 g/mol. The number of nitro groups is 1. The Morgan fingerprint density at radius 2 is 2.00 bits per heavy atom. The third-order valence-corrected chi connectivity index (χ3v) is 3.48. The molecule has 1 aliphatic rings. The highest BCUT2D eigenvalue weighted by Crippen LogP contribution is 2.29. The van der Waals surface area contributed by atoms with E-state index < -0.39 is 16.4 Å². The molecule has 1 amide bonds. The van der Waals surface area contributed by atoms with Crippen LogP contribution in [0.4, 0.5) is 5.69 Å². The Bertz CT molecular complexity index is 495. The van der Waals surface area contributed by atoms with Crippen LogP contribution in [0.25, 0.3) is 0 Å². The molecule has 19 heavy (non-hydrogen) atoms. The van der Waals surface area contributed by atoms with E-state index in [0.717, 1.165) is 12.8 Å². The number of hydrogen-bond donors (Lipinski definition) is 2. The Kier molecular flexibility index (Phi) is 3.80. The van der Waals surface area contributed by atoms with Gasteiger partial charge in [0.15, 0.2) is 0 Å². The molecule has 0 bridgehead atoms. The maximum Gasteiger partial charge on any atom is 0.274 e. The van der Waals surface area contributed by atoms with Gasteiger partial charge in [0.25, 0.3) is 11.6 Å². The number of amides is 1. The van der Waals surface area contributed by atoms with Crippen molar-refractivity contribution in [2.24, 2.45) is 0 Å². The molecule has 1 aromatic rings. The summed E-state index contributed by atoms with van der Waals surface area (Å²) in [5.74, 6) is -0.442. The van der Waals surface area contributed by atoms with Crippen molar-refractivity contribution in [3.05, 3.63) is 39.9 Å². The van der Waals surface area contributed by atoms with Gasteiger partial charge >= 0.3 is 0 Å². The summed E-state index contributed by atoms with van der Waals surface area (Å²) in [6, 6.07) is 6.25. The molecule has 0 spiro atoms. The number of nitrogens with one attached hydrogen (secondary N) is 1. The zero-order valence-electron chi connectivity index (χ0n) is 10.5. The van der Waals surface area contributed by atoms with E-state index in [1.54, 1.807) is 18.2 Å². The van der Waals surface area contributed by atoms with E-state index in [0.29, 0.717) is 18.4 Å². The molecule has 0 saturated heterocycles. The van der Waals surface area contributed by atoms with E-state index in [2.05, 4.69) is 5.32 Å². The normalized spacial score (nSPS) is 17.1. The van der Waals surface area contributed by atoms with Gasteiger partial charge in [-0.15, -0.1) is 0 Å². The molecule has 2 N–H and O–H groups in total. The van der Waals surface area contributed by atoms with Gasteiger partial charge in [-0.1, -0.05) is 18.2 Å². The lowest BCUT2D eigenvalue weighted by molar-refractivity contribution is -0.385. The van der Waals surface area contributed by atoms with Crippen molar-refractivity contribution in [2.75, 3.05) is 0 Å². The van der Waals surface area contributed by atoms with E-state index in [-0.39, 0.29) is 12.2 Å². The number of para-hydroxylation sites is 1. The zero-order chi connectivity index (χ0) is 13.9. The molecule has 1 saturated carbocycles. The second-order valence-electron chi connectivity index (χ2n) is 4.81. The maximum atomic E-state index is 11.9. The molecule has 0 aliphatic heterocycles. The van der Waals surface area contributed by atoms with Crippen molar-refractivity contribution in [1.82, 2.24) is 5.32 Å². The zero-order valence-corrected chi connectivity index (χ0v) is 10.5. The second kappa shape index (κ2) is 5.36. The van der Waals surface area contributed by atoms with Crippen molar-refractivity contribution in [2.45, 2.75) is 37.8 Å². The highest BCUT2D eigenvalue weighted by molar-refractivity contribution is 5.85. The van der Waals surface area contributed by atoms with E-state index in [1.165, 1.54) is 6.07 Å². The predicted molar refractivity (Wildman–Crippen MR) is 68.4 cm³/mol. The van der Waals surface area contributed by atoms with Crippen LogP contribution in [0.3, 0.4) is 0 Å². The smallest absolute Gasteiger partial charge is 0.274 e. The van der Waals surface area contributed by atoms with Gasteiger partial charge in [0.05, 0.1) is 4.92 Å². The fourth-order valence-electron chi connectivity index (χ4n) is 2.37. The molecule has 0 aromatic heterocycles. The first-order chi connectivity index (χ1) is 9.03. The first kappa shape index (κ1) is 13.5. The first-order valence-corrected chi connectivity index (χ1v) is 6.26. The van der Waals surface area contributed by atoms with Gasteiger partial charge in [0.1, 0.15) is 5.60 Å². The molecule has 1 aliphatic carbocycles. The van der Waals surface area contributed by atoms with E-state index in [4.69, 9.17) is 0 Å². The highest BCUT2D eigenvalue weighted by Gasteiger charge is 2.38. The summed E-state index contributed by atoms with van der Waals surface area (Å²) in [7, 11) is 0. The number of nitrogens with zero attached hydrogens (tertiary/aromatic N) is 1. The molecule has 1 fully saturated rings. The predicted octanol–water partition coefficient (Wildman–Crippen LogP) is 1.52. The molecule has 2 rings (SSSR count). The van der Waals surface area contributed by atoms with E-state index in [9.17, 15) is 20.0 Å². The molecule has 102 valence electrons. The molecular weight excluding hydrogens is 248 g/mol. The summed E-state index contributed by atoms with van der Waals surface area (Å²) in [4.78, 5) is 22.2. The standard InChI is InChI=1S/C13H16N2O4/c16-12(13(17)7-3-4-8-13)14-9-10-5-1-2-6-11(10)15(18)19/h1-2,5-6,17H,3-4,7-9H2,(H,14,16). The quantitative estimate of drug-likeness (QED) is 0.637. The number of carbonyl (C=O) groups is 1. The van der Waals surface area contributed by atoms with Crippen LogP contribution in [0.2, 0.25) is 0 Å². The Morgan fingerprint density at radius 3 is 2.63 bits per heavy atom. The summed E-state index contributed by atoms with van der Waals surface area (Å²) in [6.45, 7) is 0.0539. The summed E-state index contributed by atoms with van der Waals surface area (Å²) >= 11 is 0. The summed E-state index contributed by atoms with van der Waals surface area (Å²) < 4.78 is 0. The van der Waals surface area contributed by atoms with Crippen LogP contribution in [-0.2, 0) is 11.3 Å². The fraction of sp³-hybridized carbons (Fsp3) is 0.462. The Hall–Kier alpha value is -1.95. The average Bonchev–Trinajstić information content (AvgIpc) is 2.84. The minimum atomic E-state index is -1.30. The van der Waals surface area contributed by atoms with E-state index in [1.807, 2.05) is 0 Å². The van der Waals surface area contributed by atoms with Gasteiger partial charge in [-0.05, 0) is 25.7 Å². The van der Waals surface area contributed by atoms with Gasteiger partial charge in [-0.3, -0.25) is 14.9 Å². The Balaban J connectivity index is 2.03. The minimum absolute atomic E-state index is 0.0267. The summed E-state index contributed by atoms with van der Waals surface area (Å²) in [5.41, 5.74) is -0.896. The minimum Gasteiger partial charge on any atom is -0.380 e. The number of nitro benzene ring substituents is 1. The first-order valence-electron chi connectivity index (χ1n) is 6.26. The molecule has 0 radical (unpaired) electrons. The molecule has 6 nitrogen and oxygen atoms in total. The highest BCUT2D eigenvalue weighted by atomic mass is 16.6. The lowest BCUT2D eigenvalue weighted by Crippen LogP contribution is -2.44. The number of hydrogen-bond acceptors (Lipinski definition) is 4. The maximum absolute atomic E-state index is 11.9. The fourth-order valence-corrected chi connectivity index (χ4v) is 2.37. The SMILES string of the molecule is O=C(NCc1ccccc1[N+](=O)[O-])C1(O)CCCC1. The van der Waals surface area contributed by atoms with Crippen LogP contribution >= 0.6 is 0 Å². The summed E-state index contributed by atoms with van der Waals surface area (Å²) in [5, 5.41) is 23.5. The Morgan fingerprint density at radius 1 is 1.37 bits per heavy atom. The van der Waals surface area contributed by atoms with Crippen LogP contribution in [0.1, 0.15) is 31.2 Å². The number of aliphatic hydroxyl groups is 1. The van der Waals surface area contributed by atoms with Crippen molar-refractivity contribution in [3.8, 4) is 0 Å². The third-order valence-electron chi connectivity index (χ3n) is 3.48. The van der Waals surface area contributed by atoms with Gasteiger partial charge in [0, 0.05) is 18.2 Å². The van der Waals surface area contributed by atoms with Crippen molar-refractivity contribution in [1.29, 1.82) is 0 Å². The third kappa shape index (κ3) is 2.90. The van der Waals surface area contributed by atoms with Gasteiger partial charge in [-0.25, -0.2) is 0 Å². The number of benzene rings is 1. The Labute approximate surface area is 110 Å². The van der Waals surface area contributed by atoms with Gasteiger partial charge < -0.3 is 10.4 Å². The number of rotatable bonds is 4. The van der Waals surface area contributed by atoms with Crippen LogP contribution in [0.15, 0.2) is 24.3 Å². The number of carbonyl (C=O) groups excluding carboxylic acids is 1. The van der Waals surface area contributed by atoms with Crippen LogP contribution in [-0.4, -0.2) is 21.5 Å².